The number of hydrogen-bond donors (Lipinski definition) is 1. The van der Waals surface area contributed by atoms with E-state index in [1.807, 2.05) is 32.6 Å². The second-order valence-corrected chi connectivity index (χ2v) is 3.60. The van der Waals surface area contributed by atoms with E-state index in [9.17, 15) is 0 Å². The van der Waals surface area contributed by atoms with E-state index in [2.05, 4.69) is 9.98 Å². The lowest BCUT2D eigenvalue weighted by Gasteiger charge is -2.18. The fourth-order valence-corrected chi connectivity index (χ4v) is 1.40. The average molecular weight is 352 g/mol. The van der Waals surface area contributed by atoms with Gasteiger partial charge in [-0.25, -0.2) is 9.98 Å². The standard InChI is InChI=1S/C11H20N4O.HI/c1-5-15(6-2)11(12)13-7-10-14-8(3)9(4)16-10;/h5-7H2,1-4H3,(H2,12,13);1H. The maximum Gasteiger partial charge on any atom is 0.216 e. The first-order valence-corrected chi connectivity index (χ1v) is 5.56. The summed E-state index contributed by atoms with van der Waals surface area (Å²) in [5, 5.41) is 0. The molecule has 0 aromatic carbocycles. The van der Waals surface area contributed by atoms with Gasteiger partial charge < -0.3 is 15.1 Å². The topological polar surface area (TPSA) is 67.7 Å². The maximum absolute atomic E-state index is 5.84. The Bertz CT molecular complexity index is 352. The van der Waals surface area contributed by atoms with Gasteiger partial charge in [0.05, 0.1) is 5.69 Å². The molecule has 98 valence electrons. The maximum atomic E-state index is 5.84. The van der Waals surface area contributed by atoms with E-state index in [-0.39, 0.29) is 24.0 Å². The van der Waals surface area contributed by atoms with Gasteiger partial charge in [-0.15, -0.1) is 24.0 Å². The molecule has 0 spiro atoms. The second-order valence-electron chi connectivity index (χ2n) is 3.60. The molecule has 0 aliphatic rings. The summed E-state index contributed by atoms with van der Waals surface area (Å²) in [6.07, 6.45) is 0. The van der Waals surface area contributed by atoms with Crippen molar-refractivity contribution in [3.63, 3.8) is 0 Å². The average Bonchev–Trinajstić information content (AvgIpc) is 2.57. The third kappa shape index (κ3) is 4.53. The van der Waals surface area contributed by atoms with Crippen LogP contribution >= 0.6 is 24.0 Å². The van der Waals surface area contributed by atoms with Crippen LogP contribution in [-0.2, 0) is 6.54 Å². The monoisotopic (exact) mass is 352 g/mol. The molecule has 1 aromatic rings. The summed E-state index contributed by atoms with van der Waals surface area (Å²) < 4.78 is 5.42. The Morgan fingerprint density at radius 1 is 1.35 bits per heavy atom. The Morgan fingerprint density at radius 3 is 2.35 bits per heavy atom. The number of oxazole rings is 1. The molecule has 5 nitrogen and oxygen atoms in total. The fraction of sp³-hybridized carbons (Fsp3) is 0.636. The number of rotatable bonds is 4. The van der Waals surface area contributed by atoms with Crippen LogP contribution in [0.15, 0.2) is 9.41 Å². The number of hydrogen-bond acceptors (Lipinski definition) is 3. The molecule has 17 heavy (non-hydrogen) atoms. The fourth-order valence-electron chi connectivity index (χ4n) is 1.40. The minimum atomic E-state index is 0. The van der Waals surface area contributed by atoms with Crippen molar-refractivity contribution < 1.29 is 4.42 Å². The Balaban J connectivity index is 0.00000256. The lowest BCUT2D eigenvalue weighted by atomic mass is 10.4. The molecule has 2 N–H and O–H groups in total. The van der Waals surface area contributed by atoms with E-state index >= 15 is 0 Å². The van der Waals surface area contributed by atoms with Crippen LogP contribution in [0.4, 0.5) is 0 Å². The number of halogens is 1. The van der Waals surface area contributed by atoms with Gasteiger partial charge in [-0.1, -0.05) is 0 Å². The van der Waals surface area contributed by atoms with Crippen LogP contribution in [0, 0.1) is 13.8 Å². The van der Waals surface area contributed by atoms with Gasteiger partial charge in [-0.2, -0.15) is 0 Å². The minimum Gasteiger partial charge on any atom is -0.444 e. The van der Waals surface area contributed by atoms with Gasteiger partial charge in [0.2, 0.25) is 5.89 Å². The number of guanidine groups is 1. The number of aromatic nitrogens is 1. The predicted octanol–water partition coefficient (Wildman–Crippen LogP) is 2.07. The van der Waals surface area contributed by atoms with Gasteiger partial charge in [0.1, 0.15) is 12.3 Å². The highest BCUT2D eigenvalue weighted by atomic mass is 127. The largest absolute Gasteiger partial charge is 0.444 e. The first-order chi connectivity index (χ1) is 7.58. The van der Waals surface area contributed by atoms with Gasteiger partial charge >= 0.3 is 0 Å². The molecule has 1 rings (SSSR count). The zero-order valence-corrected chi connectivity index (χ0v) is 13.2. The van der Waals surface area contributed by atoms with E-state index < -0.39 is 0 Å². The molecule has 0 atom stereocenters. The summed E-state index contributed by atoms with van der Waals surface area (Å²) in [5.74, 6) is 2.00. The summed E-state index contributed by atoms with van der Waals surface area (Å²) in [4.78, 5) is 10.5. The van der Waals surface area contributed by atoms with Crippen molar-refractivity contribution in [2.24, 2.45) is 10.7 Å². The van der Waals surface area contributed by atoms with Crippen molar-refractivity contribution in [3.8, 4) is 0 Å². The summed E-state index contributed by atoms with van der Waals surface area (Å²) in [5.41, 5.74) is 6.75. The number of nitrogens with zero attached hydrogens (tertiary/aromatic N) is 3. The normalized spacial score (nSPS) is 11.2. The summed E-state index contributed by atoms with van der Waals surface area (Å²) >= 11 is 0. The second kappa shape index (κ2) is 7.52. The first kappa shape index (κ1) is 16.2. The molecule has 0 radical (unpaired) electrons. The van der Waals surface area contributed by atoms with Gasteiger partial charge in [0, 0.05) is 13.1 Å². The summed E-state index contributed by atoms with van der Waals surface area (Å²) in [6.45, 7) is 10.0. The summed E-state index contributed by atoms with van der Waals surface area (Å²) in [6, 6.07) is 0. The lowest BCUT2D eigenvalue weighted by Crippen LogP contribution is -2.37. The Kier molecular flexibility index (Phi) is 7.17. The molecule has 0 saturated heterocycles. The molecule has 0 aliphatic carbocycles. The molecule has 0 amide bonds. The highest BCUT2D eigenvalue weighted by molar-refractivity contribution is 14.0. The molecular weight excluding hydrogens is 331 g/mol. The molecule has 6 heteroatoms. The third-order valence-electron chi connectivity index (χ3n) is 2.54. The quantitative estimate of drug-likeness (QED) is 0.512. The van der Waals surface area contributed by atoms with Crippen LogP contribution in [0.5, 0.6) is 0 Å². The van der Waals surface area contributed by atoms with Crippen LogP contribution in [-0.4, -0.2) is 28.9 Å². The van der Waals surface area contributed by atoms with Gasteiger partial charge in [-0.05, 0) is 27.7 Å². The highest BCUT2D eigenvalue weighted by Crippen LogP contribution is 2.08. The van der Waals surface area contributed by atoms with Gasteiger partial charge in [0.25, 0.3) is 0 Å². The van der Waals surface area contributed by atoms with Crippen molar-refractivity contribution in [1.82, 2.24) is 9.88 Å². The van der Waals surface area contributed by atoms with Crippen LogP contribution in [0.3, 0.4) is 0 Å². The molecule has 1 aromatic heterocycles. The van der Waals surface area contributed by atoms with Crippen molar-refractivity contribution in [1.29, 1.82) is 0 Å². The van der Waals surface area contributed by atoms with Crippen molar-refractivity contribution in [2.45, 2.75) is 34.2 Å². The van der Waals surface area contributed by atoms with Crippen LogP contribution in [0.1, 0.15) is 31.2 Å². The summed E-state index contributed by atoms with van der Waals surface area (Å²) in [7, 11) is 0. The van der Waals surface area contributed by atoms with E-state index in [0.717, 1.165) is 24.5 Å². The van der Waals surface area contributed by atoms with E-state index in [1.165, 1.54) is 0 Å². The van der Waals surface area contributed by atoms with Crippen LogP contribution < -0.4 is 5.73 Å². The lowest BCUT2D eigenvalue weighted by molar-refractivity contribution is 0.448. The van der Waals surface area contributed by atoms with E-state index in [4.69, 9.17) is 10.2 Å². The first-order valence-electron chi connectivity index (χ1n) is 5.56. The van der Waals surface area contributed by atoms with Gasteiger partial charge in [-0.3, -0.25) is 0 Å². The molecule has 0 fully saturated rings. The Hall–Kier alpha value is -0.790. The molecule has 1 heterocycles. The zero-order chi connectivity index (χ0) is 12.1. The van der Waals surface area contributed by atoms with E-state index in [1.54, 1.807) is 0 Å². The van der Waals surface area contributed by atoms with Crippen molar-refractivity contribution in [2.75, 3.05) is 13.1 Å². The zero-order valence-electron chi connectivity index (χ0n) is 10.9. The van der Waals surface area contributed by atoms with Gasteiger partial charge in [0.15, 0.2) is 5.96 Å². The highest BCUT2D eigenvalue weighted by Gasteiger charge is 2.06. The third-order valence-corrected chi connectivity index (χ3v) is 2.54. The Morgan fingerprint density at radius 2 is 1.94 bits per heavy atom. The number of aliphatic imine (C=N–C) groups is 1. The number of aryl methyl sites for hydroxylation is 2. The van der Waals surface area contributed by atoms with E-state index in [0.29, 0.717) is 18.4 Å². The van der Waals surface area contributed by atoms with Crippen LogP contribution in [0.2, 0.25) is 0 Å². The van der Waals surface area contributed by atoms with Crippen LogP contribution in [0.25, 0.3) is 0 Å². The molecule has 0 unspecified atom stereocenters. The predicted molar refractivity (Wildman–Crippen MR) is 79.6 cm³/mol. The smallest absolute Gasteiger partial charge is 0.216 e. The molecule has 0 aliphatic heterocycles. The number of nitrogens with two attached hydrogens (primary N) is 1. The molecule has 0 bridgehead atoms. The molecular formula is C11H21IN4O. The van der Waals surface area contributed by atoms with Crippen molar-refractivity contribution >= 4 is 29.9 Å². The van der Waals surface area contributed by atoms with Crippen molar-refractivity contribution in [3.05, 3.63) is 17.3 Å². The minimum absolute atomic E-state index is 0. The Labute approximate surface area is 120 Å². The molecule has 0 saturated carbocycles. The SMILES string of the molecule is CCN(CC)C(N)=NCc1nc(C)c(C)o1.I.